The van der Waals surface area contributed by atoms with Crippen molar-refractivity contribution in [1.82, 2.24) is 10.6 Å². The summed E-state index contributed by atoms with van der Waals surface area (Å²) in [4.78, 5) is 12.0. The van der Waals surface area contributed by atoms with Crippen LogP contribution < -0.4 is 10.6 Å². The summed E-state index contributed by atoms with van der Waals surface area (Å²) in [5.41, 5.74) is 2.68. The van der Waals surface area contributed by atoms with E-state index in [4.69, 9.17) is 0 Å². The summed E-state index contributed by atoms with van der Waals surface area (Å²) >= 11 is 0. The zero-order valence-electron chi connectivity index (χ0n) is 14.3. The minimum absolute atomic E-state index is 0.0489. The lowest BCUT2D eigenvalue weighted by atomic mass is 9.77. The fourth-order valence-corrected chi connectivity index (χ4v) is 3.17. The first-order chi connectivity index (χ1) is 12.3. The van der Waals surface area contributed by atoms with Gasteiger partial charge in [0.25, 0.3) is 0 Å². The van der Waals surface area contributed by atoms with Gasteiger partial charge in [-0.25, -0.2) is 0 Å². The Bertz CT molecular complexity index is 705. The van der Waals surface area contributed by atoms with E-state index in [1.165, 1.54) is 0 Å². The van der Waals surface area contributed by atoms with Crippen molar-refractivity contribution in [3.8, 4) is 0 Å². The van der Waals surface area contributed by atoms with Crippen molar-refractivity contribution >= 4 is 5.91 Å². The van der Waals surface area contributed by atoms with E-state index in [0.29, 0.717) is 0 Å². The van der Waals surface area contributed by atoms with Gasteiger partial charge in [-0.15, -0.1) is 0 Å². The Hall–Kier alpha value is -2.91. The van der Waals surface area contributed by atoms with Gasteiger partial charge in [0.15, 0.2) is 0 Å². The number of hydrogen-bond acceptors (Lipinski definition) is 2. The Balaban J connectivity index is 2.22. The number of rotatable bonds is 6. The van der Waals surface area contributed by atoms with Crippen LogP contribution >= 0.6 is 0 Å². The Kier molecular flexibility index (Phi) is 5.26. The maximum absolute atomic E-state index is 12.0. The van der Waals surface area contributed by atoms with Crippen molar-refractivity contribution in [2.24, 2.45) is 0 Å². The second kappa shape index (κ2) is 7.77. The number of hydrogen-bond donors (Lipinski definition) is 2. The largest absolute Gasteiger partial charge is 0.358 e. The lowest BCUT2D eigenvalue weighted by Crippen LogP contribution is -2.48. The number of carbonyl (C=O) groups is 1. The topological polar surface area (TPSA) is 41.1 Å². The molecule has 0 fully saturated rings. The smallest absolute Gasteiger partial charge is 0.233 e. The molecule has 126 valence electrons. The summed E-state index contributed by atoms with van der Waals surface area (Å²) in [6, 6.07) is 30.7. The van der Waals surface area contributed by atoms with Gasteiger partial charge in [-0.2, -0.15) is 0 Å². The highest BCUT2D eigenvalue weighted by atomic mass is 16.1. The molecule has 3 aromatic carbocycles. The number of carbonyl (C=O) groups excluding carboxylic acids is 1. The summed E-state index contributed by atoms with van der Waals surface area (Å²) < 4.78 is 0. The number of nitrogens with one attached hydrogen (secondary N) is 2. The van der Waals surface area contributed by atoms with Crippen molar-refractivity contribution in [1.29, 1.82) is 0 Å². The molecular formula is C22H22N2O. The second-order valence-electron chi connectivity index (χ2n) is 5.87. The summed E-state index contributed by atoms with van der Waals surface area (Å²) in [5, 5.41) is 6.21. The summed E-state index contributed by atoms with van der Waals surface area (Å²) in [6.07, 6.45) is 0. The van der Waals surface area contributed by atoms with Crippen LogP contribution in [-0.4, -0.2) is 19.5 Å². The lowest BCUT2D eigenvalue weighted by molar-refractivity contribution is -0.120. The molecule has 1 amide bonds. The van der Waals surface area contributed by atoms with Crippen LogP contribution in [0.25, 0.3) is 0 Å². The van der Waals surface area contributed by atoms with E-state index in [1.807, 2.05) is 54.6 Å². The maximum Gasteiger partial charge on any atom is 0.233 e. The molecule has 0 unspecified atom stereocenters. The fourth-order valence-electron chi connectivity index (χ4n) is 3.17. The van der Waals surface area contributed by atoms with Gasteiger partial charge < -0.3 is 5.32 Å². The first-order valence-corrected chi connectivity index (χ1v) is 8.39. The molecule has 3 heteroatoms. The highest BCUT2D eigenvalue weighted by Crippen LogP contribution is 2.36. The van der Waals surface area contributed by atoms with E-state index in [-0.39, 0.29) is 12.5 Å². The Labute approximate surface area is 148 Å². The molecule has 0 radical (unpaired) electrons. The van der Waals surface area contributed by atoms with Crippen LogP contribution in [0.1, 0.15) is 16.7 Å². The molecule has 0 heterocycles. The van der Waals surface area contributed by atoms with Crippen LogP contribution in [-0.2, 0) is 10.3 Å². The zero-order chi connectivity index (χ0) is 17.5. The van der Waals surface area contributed by atoms with E-state index >= 15 is 0 Å². The van der Waals surface area contributed by atoms with Crippen LogP contribution in [0, 0.1) is 0 Å². The molecule has 0 aliphatic carbocycles. The molecule has 3 aromatic rings. The molecule has 0 bridgehead atoms. The quantitative estimate of drug-likeness (QED) is 0.681. The molecule has 0 aromatic heterocycles. The van der Waals surface area contributed by atoms with Gasteiger partial charge in [-0.1, -0.05) is 91.0 Å². The molecular weight excluding hydrogens is 308 g/mol. The molecule has 0 saturated carbocycles. The van der Waals surface area contributed by atoms with Crippen LogP contribution in [0.3, 0.4) is 0 Å². The maximum atomic E-state index is 12.0. The zero-order valence-corrected chi connectivity index (χ0v) is 14.3. The van der Waals surface area contributed by atoms with E-state index in [2.05, 4.69) is 47.0 Å². The standard InChI is InChI=1S/C22H22N2O/c1-23-21(25)17-24-22(18-11-5-2-6-12-18,19-13-7-3-8-14-19)20-15-9-4-10-16-20/h2-16,24H,17H2,1H3,(H,23,25). The monoisotopic (exact) mass is 330 g/mol. The van der Waals surface area contributed by atoms with E-state index in [1.54, 1.807) is 7.05 Å². The lowest BCUT2D eigenvalue weighted by Gasteiger charge is -2.37. The predicted molar refractivity (Wildman–Crippen MR) is 101 cm³/mol. The summed E-state index contributed by atoms with van der Waals surface area (Å²) in [5.74, 6) is -0.0489. The molecule has 0 spiro atoms. The molecule has 0 aliphatic rings. The SMILES string of the molecule is CNC(=O)CNC(c1ccccc1)(c1ccccc1)c1ccccc1. The fraction of sp³-hybridized carbons (Fsp3) is 0.136. The highest BCUT2D eigenvalue weighted by molar-refractivity contribution is 5.78. The van der Waals surface area contributed by atoms with Crippen LogP contribution in [0.5, 0.6) is 0 Å². The Morgan fingerprint density at radius 3 is 1.40 bits per heavy atom. The first-order valence-electron chi connectivity index (χ1n) is 8.39. The van der Waals surface area contributed by atoms with Gasteiger partial charge in [0, 0.05) is 7.05 Å². The number of amides is 1. The summed E-state index contributed by atoms with van der Waals surface area (Å²) in [7, 11) is 1.65. The molecule has 2 N–H and O–H groups in total. The number of benzene rings is 3. The molecule has 3 rings (SSSR count). The van der Waals surface area contributed by atoms with Crippen molar-refractivity contribution in [2.45, 2.75) is 5.54 Å². The van der Waals surface area contributed by atoms with E-state index in [0.717, 1.165) is 16.7 Å². The third-order valence-electron chi connectivity index (χ3n) is 4.41. The predicted octanol–water partition coefficient (Wildman–Crippen LogP) is 3.31. The second-order valence-corrected chi connectivity index (χ2v) is 5.87. The van der Waals surface area contributed by atoms with Gasteiger partial charge in [-0.05, 0) is 16.7 Å². The van der Waals surface area contributed by atoms with Crippen molar-refractivity contribution < 1.29 is 4.79 Å². The molecule has 0 atom stereocenters. The minimum atomic E-state index is -0.601. The minimum Gasteiger partial charge on any atom is -0.358 e. The third kappa shape index (κ3) is 3.47. The van der Waals surface area contributed by atoms with Crippen molar-refractivity contribution in [3.63, 3.8) is 0 Å². The Morgan fingerprint density at radius 1 is 0.720 bits per heavy atom. The Morgan fingerprint density at radius 2 is 1.08 bits per heavy atom. The number of likely N-dealkylation sites (N-methyl/N-ethyl adjacent to an activating group) is 1. The molecule has 0 saturated heterocycles. The van der Waals surface area contributed by atoms with Gasteiger partial charge in [-0.3, -0.25) is 10.1 Å². The molecule has 3 nitrogen and oxygen atoms in total. The van der Waals surface area contributed by atoms with Gasteiger partial charge in [0.05, 0.1) is 12.1 Å². The normalized spacial score (nSPS) is 11.1. The van der Waals surface area contributed by atoms with Crippen LogP contribution in [0.2, 0.25) is 0 Å². The average molecular weight is 330 g/mol. The van der Waals surface area contributed by atoms with E-state index < -0.39 is 5.54 Å². The van der Waals surface area contributed by atoms with E-state index in [9.17, 15) is 4.79 Å². The van der Waals surface area contributed by atoms with Crippen LogP contribution in [0.4, 0.5) is 0 Å². The van der Waals surface area contributed by atoms with Crippen molar-refractivity contribution in [2.75, 3.05) is 13.6 Å². The van der Waals surface area contributed by atoms with Crippen LogP contribution in [0.15, 0.2) is 91.0 Å². The summed E-state index contributed by atoms with van der Waals surface area (Å²) in [6.45, 7) is 0.217. The molecule has 0 aliphatic heterocycles. The van der Waals surface area contributed by atoms with Gasteiger partial charge >= 0.3 is 0 Å². The van der Waals surface area contributed by atoms with Gasteiger partial charge in [0.1, 0.15) is 0 Å². The van der Waals surface area contributed by atoms with Gasteiger partial charge in [0.2, 0.25) is 5.91 Å². The third-order valence-corrected chi connectivity index (χ3v) is 4.41. The van der Waals surface area contributed by atoms with Crippen molar-refractivity contribution in [3.05, 3.63) is 108 Å². The highest BCUT2D eigenvalue weighted by Gasteiger charge is 2.36. The first kappa shape index (κ1) is 16.9. The average Bonchev–Trinajstić information content (AvgIpc) is 2.71. The molecule has 25 heavy (non-hydrogen) atoms.